The number of imide groups is 1. The molecule has 1 atom stereocenters. The van der Waals surface area contributed by atoms with Gasteiger partial charge in [0.05, 0.1) is 5.69 Å². The number of nitrogens with zero attached hydrogens (tertiary/aromatic N) is 2. The van der Waals surface area contributed by atoms with E-state index in [1.807, 2.05) is 5.32 Å². The summed E-state index contributed by atoms with van der Waals surface area (Å²) >= 11 is 0. The molecule has 0 saturated carbocycles. The van der Waals surface area contributed by atoms with Crippen LogP contribution in [-0.4, -0.2) is 47.7 Å². The molecule has 4 amide bonds. The van der Waals surface area contributed by atoms with Crippen molar-refractivity contribution in [2.24, 2.45) is 0 Å². The zero-order valence-electron chi connectivity index (χ0n) is 17.4. The molecule has 2 aliphatic rings. The van der Waals surface area contributed by atoms with Crippen LogP contribution in [0.5, 0.6) is 0 Å². The number of hydrogen-bond acceptors (Lipinski definition) is 5. The van der Waals surface area contributed by atoms with Crippen molar-refractivity contribution in [2.75, 3.05) is 19.8 Å². The number of alkyl halides is 1. The standard InChI is InChI=1S/C23H20F2N4O4/c24-12-23(21(31)26-22(32)27-23)15-3-1-14(2-4-15)20(30)29-9-7-13(8-10-29)19-17-6-5-16(25)11-18(17)33-28-19/h1-6,11,13H,7-10,12H2,(H2,26,27,31,32)/t23-/m1/s1. The molecule has 170 valence electrons. The van der Waals surface area contributed by atoms with Crippen molar-refractivity contribution < 1.29 is 27.7 Å². The highest BCUT2D eigenvalue weighted by molar-refractivity contribution is 6.07. The summed E-state index contributed by atoms with van der Waals surface area (Å²) in [4.78, 5) is 38.3. The van der Waals surface area contributed by atoms with E-state index in [4.69, 9.17) is 4.52 Å². The molecule has 5 rings (SSSR count). The summed E-state index contributed by atoms with van der Waals surface area (Å²) in [6.45, 7) is -0.0872. The molecule has 2 N–H and O–H groups in total. The number of piperidine rings is 1. The van der Waals surface area contributed by atoms with Crippen LogP contribution < -0.4 is 10.6 Å². The molecular formula is C23H20F2N4O4. The van der Waals surface area contributed by atoms with Gasteiger partial charge < -0.3 is 14.7 Å². The largest absolute Gasteiger partial charge is 0.356 e. The van der Waals surface area contributed by atoms with E-state index < -0.39 is 24.2 Å². The van der Waals surface area contributed by atoms with Crippen molar-refractivity contribution in [1.29, 1.82) is 0 Å². The number of rotatable bonds is 4. The SMILES string of the molecule is O=C1NC(=O)[C@@](CF)(c2ccc(C(=O)N3CCC(c4noc5cc(F)ccc45)CC3)cc2)N1. The quantitative estimate of drug-likeness (QED) is 0.590. The van der Waals surface area contributed by atoms with E-state index in [2.05, 4.69) is 10.5 Å². The van der Waals surface area contributed by atoms with Crippen molar-refractivity contribution in [1.82, 2.24) is 20.7 Å². The molecule has 2 fully saturated rings. The highest BCUT2D eigenvalue weighted by atomic mass is 19.1. The molecule has 3 heterocycles. The fourth-order valence-corrected chi connectivity index (χ4v) is 4.53. The van der Waals surface area contributed by atoms with Gasteiger partial charge >= 0.3 is 6.03 Å². The van der Waals surface area contributed by atoms with E-state index >= 15 is 0 Å². The van der Waals surface area contributed by atoms with Crippen LogP contribution in [0.25, 0.3) is 11.0 Å². The summed E-state index contributed by atoms with van der Waals surface area (Å²) in [5.74, 6) is -1.23. The maximum absolute atomic E-state index is 13.7. The Kier molecular flexibility index (Phi) is 5.07. The zero-order valence-corrected chi connectivity index (χ0v) is 17.4. The number of carbonyl (C=O) groups excluding carboxylic acids is 3. The average molecular weight is 454 g/mol. The van der Waals surface area contributed by atoms with Crippen LogP contribution in [0.15, 0.2) is 47.0 Å². The van der Waals surface area contributed by atoms with E-state index in [0.717, 1.165) is 11.1 Å². The van der Waals surface area contributed by atoms with Crippen LogP contribution in [-0.2, 0) is 10.3 Å². The number of aromatic nitrogens is 1. The second-order valence-corrected chi connectivity index (χ2v) is 8.30. The van der Waals surface area contributed by atoms with Gasteiger partial charge in [-0.25, -0.2) is 13.6 Å². The first-order valence-corrected chi connectivity index (χ1v) is 10.6. The minimum absolute atomic E-state index is 0.0945. The number of hydrogen-bond donors (Lipinski definition) is 2. The number of halogens is 2. The molecular weight excluding hydrogens is 434 g/mol. The molecule has 2 aliphatic heterocycles. The molecule has 2 saturated heterocycles. The van der Waals surface area contributed by atoms with Gasteiger partial charge in [-0.05, 0) is 42.7 Å². The van der Waals surface area contributed by atoms with Crippen LogP contribution >= 0.6 is 0 Å². The molecule has 1 aromatic heterocycles. The molecule has 0 spiro atoms. The number of fused-ring (bicyclic) bond motifs is 1. The highest BCUT2D eigenvalue weighted by Crippen LogP contribution is 2.33. The Labute approximate surface area is 186 Å². The van der Waals surface area contributed by atoms with Crippen molar-refractivity contribution in [3.63, 3.8) is 0 Å². The smallest absolute Gasteiger partial charge is 0.322 e. The maximum atomic E-state index is 13.7. The second kappa shape index (κ2) is 7.95. The van der Waals surface area contributed by atoms with E-state index in [9.17, 15) is 23.2 Å². The first kappa shape index (κ1) is 21.0. The first-order chi connectivity index (χ1) is 15.9. The van der Waals surface area contributed by atoms with Crippen LogP contribution in [0.1, 0.15) is 40.4 Å². The number of nitrogens with one attached hydrogen (secondary N) is 2. The number of amides is 4. The van der Waals surface area contributed by atoms with Crippen LogP contribution in [0.3, 0.4) is 0 Å². The lowest BCUT2D eigenvalue weighted by molar-refractivity contribution is -0.124. The summed E-state index contributed by atoms with van der Waals surface area (Å²) in [5, 5.41) is 9.27. The third kappa shape index (κ3) is 3.51. The highest BCUT2D eigenvalue weighted by Gasteiger charge is 2.48. The van der Waals surface area contributed by atoms with Crippen molar-refractivity contribution in [2.45, 2.75) is 24.3 Å². The number of benzene rings is 2. The van der Waals surface area contributed by atoms with Crippen molar-refractivity contribution >= 4 is 28.8 Å². The second-order valence-electron chi connectivity index (χ2n) is 8.30. The molecule has 0 unspecified atom stereocenters. The summed E-state index contributed by atoms with van der Waals surface area (Å²) in [6.07, 6.45) is 1.36. The van der Waals surface area contributed by atoms with E-state index in [1.54, 1.807) is 11.0 Å². The van der Waals surface area contributed by atoms with Crippen molar-refractivity contribution in [3.8, 4) is 0 Å². The first-order valence-electron chi connectivity index (χ1n) is 10.6. The van der Waals surface area contributed by atoms with Crippen LogP contribution in [0.4, 0.5) is 13.6 Å². The van der Waals surface area contributed by atoms with E-state index in [-0.39, 0.29) is 23.2 Å². The third-order valence-corrected chi connectivity index (χ3v) is 6.40. The number of carbonyl (C=O) groups is 3. The van der Waals surface area contributed by atoms with Gasteiger partial charge in [0.15, 0.2) is 11.1 Å². The molecule has 8 nitrogen and oxygen atoms in total. The summed E-state index contributed by atoms with van der Waals surface area (Å²) in [5.41, 5.74) is 0.0632. The molecule has 0 radical (unpaired) electrons. The predicted octanol–water partition coefficient (Wildman–Crippen LogP) is 2.99. The van der Waals surface area contributed by atoms with E-state index in [0.29, 0.717) is 37.1 Å². The Hall–Kier alpha value is -3.82. The van der Waals surface area contributed by atoms with Gasteiger partial charge in [-0.2, -0.15) is 0 Å². The summed E-state index contributed by atoms with van der Waals surface area (Å²) < 4.78 is 32.4. The Balaban J connectivity index is 1.27. The van der Waals surface area contributed by atoms with Gasteiger partial charge in [-0.1, -0.05) is 17.3 Å². The van der Waals surface area contributed by atoms with Crippen molar-refractivity contribution in [3.05, 3.63) is 65.1 Å². The molecule has 3 aromatic rings. The van der Waals surface area contributed by atoms with Gasteiger partial charge in [0.25, 0.3) is 11.8 Å². The maximum Gasteiger partial charge on any atom is 0.322 e. The predicted molar refractivity (Wildman–Crippen MR) is 113 cm³/mol. The van der Waals surface area contributed by atoms with Crippen LogP contribution in [0, 0.1) is 5.82 Å². The molecule has 0 aliphatic carbocycles. The van der Waals surface area contributed by atoms with E-state index in [1.165, 1.54) is 36.4 Å². The minimum atomic E-state index is -1.78. The molecule has 10 heteroatoms. The number of likely N-dealkylation sites (tertiary alicyclic amines) is 1. The monoisotopic (exact) mass is 454 g/mol. The molecule has 33 heavy (non-hydrogen) atoms. The van der Waals surface area contributed by atoms with Gasteiger partial charge in [-0.15, -0.1) is 0 Å². The zero-order chi connectivity index (χ0) is 23.2. The molecule has 0 bridgehead atoms. The summed E-state index contributed by atoms with van der Waals surface area (Å²) in [7, 11) is 0. The lowest BCUT2D eigenvalue weighted by Gasteiger charge is -2.31. The lowest BCUT2D eigenvalue weighted by Crippen LogP contribution is -2.46. The molecule has 2 aromatic carbocycles. The van der Waals surface area contributed by atoms with Gasteiger partial charge in [0, 0.05) is 36.0 Å². The number of urea groups is 1. The van der Waals surface area contributed by atoms with Crippen LogP contribution in [0.2, 0.25) is 0 Å². The van der Waals surface area contributed by atoms with Gasteiger partial charge in [-0.3, -0.25) is 14.9 Å². The minimum Gasteiger partial charge on any atom is -0.356 e. The topological polar surface area (TPSA) is 105 Å². The Morgan fingerprint density at radius 1 is 1.15 bits per heavy atom. The lowest BCUT2D eigenvalue weighted by atomic mass is 9.90. The van der Waals surface area contributed by atoms with Gasteiger partial charge in [0.1, 0.15) is 12.5 Å². The fourth-order valence-electron chi connectivity index (χ4n) is 4.53. The average Bonchev–Trinajstić information content (AvgIpc) is 3.38. The third-order valence-electron chi connectivity index (χ3n) is 6.40. The Morgan fingerprint density at radius 3 is 2.52 bits per heavy atom. The summed E-state index contributed by atoms with van der Waals surface area (Å²) in [6, 6.07) is 9.59. The van der Waals surface area contributed by atoms with Gasteiger partial charge in [0.2, 0.25) is 0 Å². The fraction of sp³-hybridized carbons (Fsp3) is 0.304. The normalized spacial score (nSPS) is 21.3. The Morgan fingerprint density at radius 2 is 1.88 bits per heavy atom. The Bertz CT molecular complexity index is 1250.